The number of nitrogen functional groups attached to an aromatic ring is 1. The van der Waals surface area contributed by atoms with Gasteiger partial charge in [-0.3, -0.25) is 4.68 Å². The molecule has 0 spiro atoms. The van der Waals surface area contributed by atoms with E-state index in [1.54, 1.807) is 25.0 Å². The topological polar surface area (TPSA) is 73.3 Å². The summed E-state index contributed by atoms with van der Waals surface area (Å²) < 4.78 is 6.93. The predicted molar refractivity (Wildman–Crippen MR) is 65.5 cm³/mol. The SMILES string of the molecule is COc1c(CO)cccc1-c1cnn(C)c1N. The largest absolute Gasteiger partial charge is 0.496 e. The Kier molecular flexibility index (Phi) is 3.01. The molecule has 0 amide bonds. The third-order valence-electron chi connectivity index (χ3n) is 2.75. The average Bonchev–Trinajstić information content (AvgIpc) is 2.69. The molecule has 1 aromatic heterocycles. The van der Waals surface area contributed by atoms with Crippen LogP contribution >= 0.6 is 0 Å². The first-order valence-electron chi connectivity index (χ1n) is 5.23. The minimum atomic E-state index is -0.0722. The lowest BCUT2D eigenvalue weighted by atomic mass is 10.0. The smallest absolute Gasteiger partial charge is 0.132 e. The van der Waals surface area contributed by atoms with Crippen LogP contribution in [0.4, 0.5) is 5.82 Å². The molecule has 0 aliphatic carbocycles. The number of para-hydroxylation sites is 1. The Balaban J connectivity index is 2.63. The number of nitrogens with zero attached hydrogens (tertiary/aromatic N) is 2. The van der Waals surface area contributed by atoms with Crippen LogP contribution in [0.2, 0.25) is 0 Å². The van der Waals surface area contributed by atoms with Crippen molar-refractivity contribution < 1.29 is 9.84 Å². The number of benzene rings is 1. The van der Waals surface area contributed by atoms with Crippen LogP contribution < -0.4 is 10.5 Å². The molecule has 0 aliphatic heterocycles. The van der Waals surface area contributed by atoms with E-state index in [0.29, 0.717) is 11.6 Å². The maximum Gasteiger partial charge on any atom is 0.132 e. The zero-order chi connectivity index (χ0) is 12.4. The van der Waals surface area contributed by atoms with Crippen LogP contribution in [0.1, 0.15) is 5.56 Å². The molecule has 5 heteroatoms. The van der Waals surface area contributed by atoms with Gasteiger partial charge in [0.1, 0.15) is 11.6 Å². The van der Waals surface area contributed by atoms with Gasteiger partial charge in [0.25, 0.3) is 0 Å². The minimum Gasteiger partial charge on any atom is -0.496 e. The van der Waals surface area contributed by atoms with Crippen LogP contribution in [0.25, 0.3) is 11.1 Å². The van der Waals surface area contributed by atoms with Crippen LogP contribution in [-0.2, 0) is 13.7 Å². The number of aliphatic hydroxyl groups excluding tert-OH is 1. The Labute approximate surface area is 99.4 Å². The van der Waals surface area contributed by atoms with Gasteiger partial charge in [-0.25, -0.2) is 0 Å². The number of aryl methyl sites for hydroxylation is 1. The maximum atomic E-state index is 9.26. The Hall–Kier alpha value is -2.01. The standard InChI is InChI=1S/C12H15N3O2/c1-15-12(13)10(6-14-15)9-5-3-4-8(7-16)11(9)17-2/h3-6,16H,7,13H2,1-2H3. The van der Waals surface area contributed by atoms with Crippen molar-refractivity contribution in [1.82, 2.24) is 9.78 Å². The quantitative estimate of drug-likeness (QED) is 0.834. The van der Waals surface area contributed by atoms with Gasteiger partial charge in [0.2, 0.25) is 0 Å². The molecule has 1 aromatic carbocycles. The summed E-state index contributed by atoms with van der Waals surface area (Å²) in [6.45, 7) is -0.0722. The summed E-state index contributed by atoms with van der Waals surface area (Å²) in [4.78, 5) is 0. The zero-order valence-corrected chi connectivity index (χ0v) is 9.84. The molecular weight excluding hydrogens is 218 g/mol. The lowest BCUT2D eigenvalue weighted by Gasteiger charge is -2.11. The lowest BCUT2D eigenvalue weighted by molar-refractivity contribution is 0.274. The van der Waals surface area contributed by atoms with E-state index in [9.17, 15) is 5.11 Å². The molecular formula is C12H15N3O2. The minimum absolute atomic E-state index is 0.0722. The van der Waals surface area contributed by atoms with E-state index in [-0.39, 0.29) is 6.61 Å². The highest BCUT2D eigenvalue weighted by Gasteiger charge is 2.14. The second kappa shape index (κ2) is 4.47. The molecule has 2 rings (SSSR count). The van der Waals surface area contributed by atoms with Crippen molar-refractivity contribution in [2.45, 2.75) is 6.61 Å². The number of ether oxygens (including phenoxy) is 1. The van der Waals surface area contributed by atoms with Crippen LogP contribution in [0, 0.1) is 0 Å². The monoisotopic (exact) mass is 233 g/mol. The van der Waals surface area contributed by atoms with E-state index in [1.165, 1.54) is 0 Å². The predicted octanol–water partition coefficient (Wildman–Crippen LogP) is 1.17. The van der Waals surface area contributed by atoms with Gasteiger partial charge in [-0.05, 0) is 0 Å². The van der Waals surface area contributed by atoms with E-state index in [1.807, 2.05) is 18.2 Å². The molecule has 0 bridgehead atoms. The Bertz CT molecular complexity index is 535. The number of anilines is 1. The summed E-state index contributed by atoms with van der Waals surface area (Å²) in [5.74, 6) is 1.20. The molecule has 2 aromatic rings. The highest BCUT2D eigenvalue weighted by Crippen LogP contribution is 2.35. The molecule has 1 heterocycles. The van der Waals surface area contributed by atoms with Crippen molar-refractivity contribution in [2.24, 2.45) is 7.05 Å². The molecule has 3 N–H and O–H groups in total. The summed E-state index contributed by atoms with van der Waals surface area (Å²) in [6, 6.07) is 5.57. The van der Waals surface area contributed by atoms with Crippen molar-refractivity contribution in [1.29, 1.82) is 0 Å². The summed E-state index contributed by atoms with van der Waals surface area (Å²) in [6.07, 6.45) is 1.69. The first-order chi connectivity index (χ1) is 8.19. The van der Waals surface area contributed by atoms with Crippen LogP contribution in [-0.4, -0.2) is 22.0 Å². The number of hydrogen-bond acceptors (Lipinski definition) is 4. The Morgan fingerprint density at radius 3 is 2.71 bits per heavy atom. The van der Waals surface area contributed by atoms with Gasteiger partial charge in [-0.1, -0.05) is 18.2 Å². The summed E-state index contributed by atoms with van der Waals surface area (Å²) in [7, 11) is 3.35. The number of aromatic nitrogens is 2. The highest BCUT2D eigenvalue weighted by atomic mass is 16.5. The summed E-state index contributed by atoms with van der Waals surface area (Å²) in [5, 5.41) is 13.4. The third kappa shape index (κ3) is 1.85. The fraction of sp³-hybridized carbons (Fsp3) is 0.250. The molecule has 17 heavy (non-hydrogen) atoms. The average molecular weight is 233 g/mol. The van der Waals surface area contributed by atoms with Crippen LogP contribution in [0.5, 0.6) is 5.75 Å². The number of methoxy groups -OCH3 is 1. The van der Waals surface area contributed by atoms with Crippen molar-refractivity contribution in [2.75, 3.05) is 12.8 Å². The van der Waals surface area contributed by atoms with Gasteiger partial charge in [0, 0.05) is 23.7 Å². The Morgan fingerprint density at radius 2 is 2.18 bits per heavy atom. The van der Waals surface area contributed by atoms with Gasteiger partial charge >= 0.3 is 0 Å². The molecule has 0 fully saturated rings. The molecule has 0 saturated carbocycles. The fourth-order valence-corrected chi connectivity index (χ4v) is 1.82. The van der Waals surface area contributed by atoms with Gasteiger partial charge in [-0.15, -0.1) is 0 Å². The molecule has 0 unspecified atom stereocenters. The van der Waals surface area contributed by atoms with Gasteiger partial charge < -0.3 is 15.6 Å². The number of rotatable bonds is 3. The van der Waals surface area contributed by atoms with Gasteiger partial charge in [0.15, 0.2) is 0 Å². The normalized spacial score (nSPS) is 10.5. The van der Waals surface area contributed by atoms with Crippen molar-refractivity contribution in [3.8, 4) is 16.9 Å². The van der Waals surface area contributed by atoms with Crippen molar-refractivity contribution >= 4 is 5.82 Å². The van der Waals surface area contributed by atoms with E-state index >= 15 is 0 Å². The molecule has 0 saturated heterocycles. The fourth-order valence-electron chi connectivity index (χ4n) is 1.82. The molecule has 0 aliphatic rings. The Morgan fingerprint density at radius 1 is 1.41 bits per heavy atom. The number of hydrogen-bond donors (Lipinski definition) is 2. The van der Waals surface area contributed by atoms with E-state index < -0.39 is 0 Å². The van der Waals surface area contributed by atoms with Crippen molar-refractivity contribution in [3.63, 3.8) is 0 Å². The van der Waals surface area contributed by atoms with Crippen LogP contribution in [0.15, 0.2) is 24.4 Å². The molecule has 5 nitrogen and oxygen atoms in total. The third-order valence-corrected chi connectivity index (χ3v) is 2.75. The van der Waals surface area contributed by atoms with E-state index in [2.05, 4.69) is 5.10 Å². The van der Waals surface area contributed by atoms with Crippen LogP contribution in [0.3, 0.4) is 0 Å². The van der Waals surface area contributed by atoms with Crippen molar-refractivity contribution in [3.05, 3.63) is 30.0 Å². The van der Waals surface area contributed by atoms with Gasteiger partial charge in [-0.2, -0.15) is 5.10 Å². The summed E-state index contributed by atoms with van der Waals surface area (Å²) in [5.41, 5.74) is 8.30. The first-order valence-corrected chi connectivity index (χ1v) is 5.23. The molecule has 0 radical (unpaired) electrons. The second-order valence-electron chi connectivity index (χ2n) is 3.72. The lowest BCUT2D eigenvalue weighted by Crippen LogP contribution is -1.99. The first kappa shape index (κ1) is 11.5. The van der Waals surface area contributed by atoms with Gasteiger partial charge in [0.05, 0.1) is 19.9 Å². The molecule has 90 valence electrons. The number of nitrogens with two attached hydrogens (primary N) is 1. The van der Waals surface area contributed by atoms with E-state index in [0.717, 1.165) is 16.7 Å². The zero-order valence-electron chi connectivity index (χ0n) is 9.84. The number of aliphatic hydroxyl groups is 1. The molecule has 0 atom stereocenters. The second-order valence-corrected chi connectivity index (χ2v) is 3.72. The summed E-state index contributed by atoms with van der Waals surface area (Å²) >= 11 is 0. The van der Waals surface area contributed by atoms with E-state index in [4.69, 9.17) is 10.5 Å². The maximum absolute atomic E-state index is 9.26. The highest BCUT2D eigenvalue weighted by molar-refractivity contribution is 5.79.